The van der Waals surface area contributed by atoms with Gasteiger partial charge < -0.3 is 28.4 Å². The number of hydrogen-bond donors (Lipinski definition) is 0. The molecule has 0 N–H and O–H groups in total. The van der Waals surface area contributed by atoms with E-state index < -0.39 is 42.4 Å². The van der Waals surface area contributed by atoms with Gasteiger partial charge in [0.15, 0.2) is 6.10 Å². The quantitative estimate of drug-likeness (QED) is 0.122. The van der Waals surface area contributed by atoms with E-state index >= 15 is 8.78 Å². The fourth-order valence-electron chi connectivity index (χ4n) is 5.42. The molecule has 1 aliphatic heterocycles. The minimum Gasteiger partial charge on any atom is -0.461 e. The molecule has 248 valence electrons. The van der Waals surface area contributed by atoms with Crippen molar-refractivity contribution in [2.24, 2.45) is 0 Å². The number of esters is 1. The predicted octanol–water partition coefficient (Wildman–Crippen LogP) is 6.93. The van der Waals surface area contributed by atoms with Crippen LogP contribution in [0.5, 0.6) is 0 Å². The van der Waals surface area contributed by atoms with Crippen molar-refractivity contribution in [2.75, 3.05) is 13.2 Å². The Morgan fingerprint density at radius 2 is 1.02 bits per heavy atom. The van der Waals surface area contributed by atoms with Crippen molar-refractivity contribution >= 4 is 5.97 Å². The number of alkyl halides is 2. The van der Waals surface area contributed by atoms with Gasteiger partial charge in [-0.25, -0.2) is 4.79 Å². The monoisotopic (exact) mass is 646 g/mol. The molecule has 5 atom stereocenters. The number of rotatable bonds is 16. The molecular formula is C38H40F2O7. The summed E-state index contributed by atoms with van der Waals surface area (Å²) < 4.78 is 68.4. The van der Waals surface area contributed by atoms with Crippen LogP contribution < -0.4 is 0 Å². The molecule has 0 spiro atoms. The molecule has 1 heterocycles. The predicted molar refractivity (Wildman–Crippen MR) is 171 cm³/mol. The van der Waals surface area contributed by atoms with Crippen molar-refractivity contribution in [1.82, 2.24) is 0 Å². The number of ether oxygens (including phenoxy) is 6. The van der Waals surface area contributed by atoms with Gasteiger partial charge in [0.2, 0.25) is 0 Å². The van der Waals surface area contributed by atoms with E-state index in [9.17, 15) is 4.79 Å². The molecule has 47 heavy (non-hydrogen) atoms. The highest BCUT2D eigenvalue weighted by atomic mass is 19.3. The molecule has 4 aromatic rings. The van der Waals surface area contributed by atoms with Crippen LogP contribution in [0.15, 0.2) is 121 Å². The highest BCUT2D eigenvalue weighted by Crippen LogP contribution is 2.38. The van der Waals surface area contributed by atoms with Gasteiger partial charge in [-0.1, -0.05) is 121 Å². The smallest absolute Gasteiger partial charge is 0.379 e. The van der Waals surface area contributed by atoms with Crippen LogP contribution >= 0.6 is 0 Å². The molecule has 5 rings (SSSR count). The molecule has 0 amide bonds. The summed E-state index contributed by atoms with van der Waals surface area (Å²) in [6.07, 6.45) is -6.54. The second-order valence-electron chi connectivity index (χ2n) is 11.2. The van der Waals surface area contributed by atoms with E-state index in [1.54, 1.807) is 0 Å². The summed E-state index contributed by atoms with van der Waals surface area (Å²) in [6, 6.07) is 37.5. The number of halogens is 2. The van der Waals surface area contributed by atoms with Crippen molar-refractivity contribution in [3.8, 4) is 0 Å². The van der Waals surface area contributed by atoms with Crippen molar-refractivity contribution in [2.45, 2.75) is 69.8 Å². The molecule has 7 nitrogen and oxygen atoms in total. The Morgan fingerprint density at radius 3 is 1.47 bits per heavy atom. The summed E-state index contributed by atoms with van der Waals surface area (Å²) in [4.78, 5) is 12.8. The third-order valence-electron chi connectivity index (χ3n) is 7.79. The Morgan fingerprint density at radius 1 is 0.617 bits per heavy atom. The van der Waals surface area contributed by atoms with E-state index in [0.717, 1.165) is 22.3 Å². The Balaban J connectivity index is 1.50. The summed E-state index contributed by atoms with van der Waals surface area (Å²) in [5.41, 5.74) is 3.36. The van der Waals surface area contributed by atoms with Gasteiger partial charge in [-0.3, -0.25) is 0 Å². The van der Waals surface area contributed by atoms with Crippen LogP contribution in [0.25, 0.3) is 0 Å². The first-order valence-corrected chi connectivity index (χ1v) is 15.7. The topological polar surface area (TPSA) is 72.5 Å². The summed E-state index contributed by atoms with van der Waals surface area (Å²) in [5, 5.41) is 0. The molecule has 1 aliphatic rings. The molecule has 3 unspecified atom stereocenters. The lowest BCUT2D eigenvalue weighted by atomic mass is 9.90. The van der Waals surface area contributed by atoms with Gasteiger partial charge in [0.25, 0.3) is 0 Å². The summed E-state index contributed by atoms with van der Waals surface area (Å²) >= 11 is 0. The van der Waals surface area contributed by atoms with Gasteiger partial charge in [-0.15, -0.1) is 0 Å². The van der Waals surface area contributed by atoms with Gasteiger partial charge in [-0.2, -0.15) is 8.78 Å². The first-order valence-electron chi connectivity index (χ1n) is 15.7. The van der Waals surface area contributed by atoms with Gasteiger partial charge in [0, 0.05) is 0 Å². The zero-order valence-electron chi connectivity index (χ0n) is 26.3. The minimum atomic E-state index is -4.08. The van der Waals surface area contributed by atoms with Crippen LogP contribution in [-0.2, 0) is 59.6 Å². The van der Waals surface area contributed by atoms with E-state index in [-0.39, 0.29) is 39.6 Å². The fraction of sp³-hybridized carbons (Fsp3) is 0.342. The molecule has 4 aromatic carbocycles. The van der Waals surface area contributed by atoms with Gasteiger partial charge in [0.1, 0.15) is 24.4 Å². The highest BCUT2D eigenvalue weighted by Gasteiger charge is 2.61. The van der Waals surface area contributed by atoms with E-state index in [2.05, 4.69) is 0 Å². The Kier molecular flexibility index (Phi) is 12.6. The van der Waals surface area contributed by atoms with Crippen LogP contribution in [0.3, 0.4) is 0 Å². The van der Waals surface area contributed by atoms with Crippen LogP contribution in [0.4, 0.5) is 8.78 Å². The summed E-state index contributed by atoms with van der Waals surface area (Å²) in [7, 11) is 0. The number of carbonyl (C=O) groups is 1. The van der Waals surface area contributed by atoms with Crippen LogP contribution in [0.2, 0.25) is 0 Å². The maximum atomic E-state index is 16.1. The average molecular weight is 647 g/mol. The molecule has 0 aromatic heterocycles. The van der Waals surface area contributed by atoms with E-state index in [4.69, 9.17) is 28.4 Å². The molecule has 0 aliphatic carbocycles. The lowest BCUT2D eigenvalue weighted by Crippen LogP contribution is -2.66. The molecular weight excluding hydrogens is 606 g/mol. The van der Waals surface area contributed by atoms with Crippen molar-refractivity contribution < 1.29 is 42.0 Å². The largest absolute Gasteiger partial charge is 0.461 e. The van der Waals surface area contributed by atoms with Crippen molar-refractivity contribution in [3.63, 3.8) is 0 Å². The van der Waals surface area contributed by atoms with E-state index in [1.165, 1.54) is 6.92 Å². The molecule has 9 heteroatoms. The van der Waals surface area contributed by atoms with E-state index in [0.29, 0.717) is 0 Å². The third kappa shape index (κ3) is 9.53. The lowest BCUT2D eigenvalue weighted by molar-refractivity contribution is -0.307. The van der Waals surface area contributed by atoms with Gasteiger partial charge in [-0.05, 0) is 29.2 Å². The minimum absolute atomic E-state index is 0.0317. The summed E-state index contributed by atoms with van der Waals surface area (Å²) in [6.45, 7) is 1.55. The Hall–Kier alpha value is -3.99. The van der Waals surface area contributed by atoms with Gasteiger partial charge in [0.05, 0.1) is 39.6 Å². The summed E-state index contributed by atoms with van der Waals surface area (Å²) in [5.74, 6) is -5.78. The molecule has 0 saturated carbocycles. The first-order chi connectivity index (χ1) is 23.0. The molecule has 1 saturated heterocycles. The zero-order chi connectivity index (χ0) is 32.9. The third-order valence-corrected chi connectivity index (χ3v) is 7.79. The van der Waals surface area contributed by atoms with Gasteiger partial charge >= 0.3 is 11.9 Å². The number of hydrogen-bond acceptors (Lipinski definition) is 7. The van der Waals surface area contributed by atoms with Crippen LogP contribution in [-0.4, -0.2) is 55.6 Å². The standard InChI is InChI=1S/C38H40F2O7/c1-2-43-37(41)38(39,40)36-35(46-26-31-21-13-6-14-22-31)34(45-25-30-19-11-5-12-20-30)33(44-24-29-17-9-4-10-18-29)32(47-36)27-42-23-28-15-7-3-8-16-28/h3-22,32-36H,2,23-27H2,1H3/t32-,33?,34+,35?,36?/m1/s1. The highest BCUT2D eigenvalue weighted by molar-refractivity contribution is 5.78. The van der Waals surface area contributed by atoms with Crippen LogP contribution in [0.1, 0.15) is 29.2 Å². The second kappa shape index (κ2) is 17.2. The van der Waals surface area contributed by atoms with Crippen LogP contribution in [0, 0.1) is 0 Å². The normalized spacial score (nSPS) is 21.3. The van der Waals surface area contributed by atoms with E-state index in [1.807, 2.05) is 121 Å². The fourth-order valence-corrected chi connectivity index (χ4v) is 5.42. The number of benzene rings is 4. The molecule has 1 fully saturated rings. The second-order valence-corrected chi connectivity index (χ2v) is 11.2. The molecule has 0 bridgehead atoms. The first kappa shape index (κ1) is 34.3. The van der Waals surface area contributed by atoms with Crippen molar-refractivity contribution in [3.05, 3.63) is 144 Å². The lowest BCUT2D eigenvalue weighted by Gasteiger charge is -2.47. The Bertz CT molecular complexity index is 1480. The maximum Gasteiger partial charge on any atom is 0.379 e. The molecule has 0 radical (unpaired) electrons. The number of carbonyl (C=O) groups excluding carboxylic acids is 1. The average Bonchev–Trinajstić information content (AvgIpc) is 3.11. The maximum absolute atomic E-state index is 16.1. The van der Waals surface area contributed by atoms with Crippen molar-refractivity contribution in [1.29, 1.82) is 0 Å². The SMILES string of the molecule is CCOC(=O)C(F)(F)C1O[C@H](COCc2ccccc2)C(OCc2ccccc2)[C@H](OCc2ccccc2)C1OCc1ccccc1. The zero-order valence-corrected chi connectivity index (χ0v) is 26.3. The Labute approximate surface area is 274 Å².